The van der Waals surface area contributed by atoms with Crippen molar-refractivity contribution in [2.24, 2.45) is 0 Å². The molecule has 102 valence electrons. The largest absolute Gasteiger partial charge is 0.478 e. The Hall–Kier alpha value is -2.67. The highest BCUT2D eigenvalue weighted by Crippen LogP contribution is 2.32. The number of carboxylic acid groups (broad SMARTS) is 1. The first-order chi connectivity index (χ1) is 9.47. The first-order valence-corrected chi connectivity index (χ1v) is 5.66. The van der Waals surface area contributed by atoms with Crippen LogP contribution in [0.15, 0.2) is 36.5 Å². The number of hydrogen-bond donors (Lipinski definition) is 1. The van der Waals surface area contributed by atoms with Gasteiger partial charge in [-0.1, -0.05) is 11.6 Å². The lowest BCUT2D eigenvalue weighted by molar-refractivity contribution is -0.385. The molecule has 0 aliphatic carbocycles. The molecule has 0 unspecified atom stereocenters. The summed E-state index contributed by atoms with van der Waals surface area (Å²) in [5.74, 6) is -1.11. The first-order valence-electron chi connectivity index (χ1n) is 5.28. The maximum Gasteiger partial charge on any atom is 0.337 e. The van der Waals surface area contributed by atoms with Crippen LogP contribution in [-0.2, 0) is 0 Å². The number of rotatable bonds is 4. The number of aromatic nitrogens is 1. The third-order valence-electron chi connectivity index (χ3n) is 2.32. The SMILES string of the molecule is O=C(O)c1ccc(Oc2ccc(Cl)cc2[N+](=O)[O-])nc1. The van der Waals surface area contributed by atoms with Gasteiger partial charge in [-0.05, 0) is 18.2 Å². The van der Waals surface area contributed by atoms with Crippen molar-refractivity contribution in [3.8, 4) is 11.6 Å². The van der Waals surface area contributed by atoms with E-state index in [0.717, 1.165) is 12.3 Å². The number of hydrogen-bond acceptors (Lipinski definition) is 5. The van der Waals surface area contributed by atoms with Gasteiger partial charge >= 0.3 is 11.7 Å². The fraction of sp³-hybridized carbons (Fsp3) is 0. The minimum Gasteiger partial charge on any atom is -0.478 e. The van der Waals surface area contributed by atoms with Gasteiger partial charge in [0.05, 0.1) is 10.5 Å². The maximum absolute atomic E-state index is 10.9. The molecule has 2 aromatic rings. The lowest BCUT2D eigenvalue weighted by Crippen LogP contribution is -1.98. The van der Waals surface area contributed by atoms with Crippen LogP contribution in [0.1, 0.15) is 10.4 Å². The minimum atomic E-state index is -1.12. The van der Waals surface area contributed by atoms with Crippen LogP contribution >= 0.6 is 11.6 Å². The molecule has 0 bridgehead atoms. The number of pyridine rings is 1. The van der Waals surface area contributed by atoms with Crippen LogP contribution in [0.2, 0.25) is 5.02 Å². The molecule has 1 aromatic heterocycles. The number of aromatic carboxylic acids is 1. The zero-order valence-corrected chi connectivity index (χ0v) is 10.6. The Balaban J connectivity index is 2.30. The fourth-order valence-corrected chi connectivity index (χ4v) is 1.57. The number of carboxylic acids is 1. The van der Waals surface area contributed by atoms with Gasteiger partial charge in [-0.25, -0.2) is 9.78 Å². The predicted molar refractivity (Wildman–Crippen MR) is 69.4 cm³/mol. The van der Waals surface area contributed by atoms with Gasteiger partial charge in [-0.15, -0.1) is 0 Å². The zero-order valence-electron chi connectivity index (χ0n) is 9.82. The molecule has 1 N–H and O–H groups in total. The average molecular weight is 295 g/mol. The van der Waals surface area contributed by atoms with Crippen LogP contribution in [0.3, 0.4) is 0 Å². The third-order valence-corrected chi connectivity index (χ3v) is 2.55. The van der Waals surface area contributed by atoms with Gasteiger partial charge in [0.2, 0.25) is 11.6 Å². The predicted octanol–water partition coefficient (Wildman–Crippen LogP) is 3.13. The van der Waals surface area contributed by atoms with Gasteiger partial charge in [-0.3, -0.25) is 10.1 Å². The van der Waals surface area contributed by atoms with E-state index in [1.54, 1.807) is 0 Å². The van der Waals surface area contributed by atoms with E-state index >= 15 is 0 Å². The van der Waals surface area contributed by atoms with E-state index in [1.807, 2.05) is 0 Å². The number of carbonyl (C=O) groups is 1. The Labute approximate surface area is 117 Å². The van der Waals surface area contributed by atoms with Crippen molar-refractivity contribution in [1.29, 1.82) is 0 Å². The lowest BCUT2D eigenvalue weighted by atomic mass is 10.3. The molecule has 1 heterocycles. The van der Waals surface area contributed by atoms with Crippen LogP contribution < -0.4 is 4.74 Å². The first kappa shape index (κ1) is 13.8. The van der Waals surface area contributed by atoms with Crippen LogP contribution in [0.5, 0.6) is 11.6 Å². The van der Waals surface area contributed by atoms with Crippen molar-refractivity contribution in [3.05, 3.63) is 57.2 Å². The summed E-state index contributed by atoms with van der Waals surface area (Å²) < 4.78 is 5.26. The molecule has 0 radical (unpaired) electrons. The molecule has 0 atom stereocenters. The van der Waals surface area contributed by atoms with Crippen LogP contribution in [0, 0.1) is 10.1 Å². The Morgan fingerprint density at radius 2 is 2.10 bits per heavy atom. The molecule has 0 fully saturated rings. The van der Waals surface area contributed by atoms with Gasteiger partial charge in [0.15, 0.2) is 0 Å². The summed E-state index contributed by atoms with van der Waals surface area (Å²) in [6.07, 6.45) is 1.10. The monoisotopic (exact) mass is 294 g/mol. The fourth-order valence-electron chi connectivity index (χ4n) is 1.40. The summed E-state index contributed by atoms with van der Waals surface area (Å²) in [4.78, 5) is 24.7. The number of halogens is 1. The summed E-state index contributed by atoms with van der Waals surface area (Å²) in [5.41, 5.74) is -0.315. The second kappa shape index (κ2) is 5.54. The second-order valence-corrected chi connectivity index (χ2v) is 4.10. The molecule has 7 nitrogen and oxygen atoms in total. The van der Waals surface area contributed by atoms with Crippen molar-refractivity contribution in [1.82, 2.24) is 4.98 Å². The maximum atomic E-state index is 10.9. The summed E-state index contributed by atoms with van der Waals surface area (Å²) in [5, 5.41) is 19.8. The van der Waals surface area contributed by atoms with Gasteiger partial charge in [-0.2, -0.15) is 0 Å². The van der Waals surface area contributed by atoms with Gasteiger partial charge in [0.1, 0.15) is 0 Å². The van der Waals surface area contributed by atoms with Crippen molar-refractivity contribution in [2.45, 2.75) is 0 Å². The molecule has 1 aromatic carbocycles. The summed E-state index contributed by atoms with van der Waals surface area (Å²) >= 11 is 5.68. The van der Waals surface area contributed by atoms with E-state index in [0.29, 0.717) is 0 Å². The molecule has 0 saturated heterocycles. The zero-order chi connectivity index (χ0) is 14.7. The topological polar surface area (TPSA) is 103 Å². The van der Waals surface area contributed by atoms with Gasteiger partial charge in [0, 0.05) is 23.4 Å². The highest BCUT2D eigenvalue weighted by atomic mass is 35.5. The second-order valence-electron chi connectivity index (χ2n) is 3.66. The number of nitro benzene ring substituents is 1. The van der Waals surface area contributed by atoms with Gasteiger partial charge < -0.3 is 9.84 Å². The van der Waals surface area contributed by atoms with E-state index in [1.165, 1.54) is 24.3 Å². The highest BCUT2D eigenvalue weighted by Gasteiger charge is 2.17. The molecule has 2 rings (SSSR count). The van der Waals surface area contributed by atoms with E-state index < -0.39 is 10.9 Å². The number of nitro groups is 1. The van der Waals surface area contributed by atoms with Crippen molar-refractivity contribution in [2.75, 3.05) is 0 Å². The van der Waals surface area contributed by atoms with E-state index in [9.17, 15) is 14.9 Å². The molecule has 0 amide bonds. The molecule has 0 aliphatic heterocycles. The molecule has 0 saturated carbocycles. The van der Waals surface area contributed by atoms with Crippen molar-refractivity contribution < 1.29 is 19.6 Å². The summed E-state index contributed by atoms with van der Waals surface area (Å²) in [6.45, 7) is 0. The summed E-state index contributed by atoms with van der Waals surface area (Å²) in [7, 11) is 0. The van der Waals surface area contributed by atoms with Crippen LogP contribution in [-0.4, -0.2) is 21.0 Å². The van der Waals surface area contributed by atoms with Crippen LogP contribution in [0.4, 0.5) is 5.69 Å². The Bertz CT molecular complexity index is 672. The molecule has 8 heteroatoms. The lowest BCUT2D eigenvalue weighted by Gasteiger charge is -2.05. The number of benzene rings is 1. The molecule has 0 spiro atoms. The molecule has 20 heavy (non-hydrogen) atoms. The number of ether oxygens (including phenoxy) is 1. The van der Waals surface area contributed by atoms with Crippen molar-refractivity contribution >= 4 is 23.3 Å². The molecular formula is C12H7ClN2O5. The quantitative estimate of drug-likeness (QED) is 0.686. The van der Waals surface area contributed by atoms with E-state index in [4.69, 9.17) is 21.4 Å². The third kappa shape index (κ3) is 3.01. The van der Waals surface area contributed by atoms with Crippen LogP contribution in [0.25, 0.3) is 0 Å². The molecular weight excluding hydrogens is 288 g/mol. The number of nitrogens with zero attached hydrogens (tertiary/aromatic N) is 2. The van der Waals surface area contributed by atoms with E-state index in [2.05, 4.69) is 4.98 Å². The normalized spacial score (nSPS) is 10.1. The van der Waals surface area contributed by atoms with Crippen molar-refractivity contribution in [3.63, 3.8) is 0 Å². The van der Waals surface area contributed by atoms with E-state index in [-0.39, 0.29) is 27.9 Å². The highest BCUT2D eigenvalue weighted by molar-refractivity contribution is 6.30. The summed E-state index contributed by atoms with van der Waals surface area (Å²) in [6, 6.07) is 6.53. The minimum absolute atomic E-state index is 0.0112. The Kier molecular flexibility index (Phi) is 3.81. The molecule has 0 aliphatic rings. The average Bonchev–Trinajstić information content (AvgIpc) is 2.41. The Morgan fingerprint density at radius 3 is 2.65 bits per heavy atom. The Morgan fingerprint density at radius 1 is 1.35 bits per heavy atom. The smallest absolute Gasteiger partial charge is 0.337 e. The van der Waals surface area contributed by atoms with Gasteiger partial charge in [0.25, 0.3) is 0 Å². The standard InChI is InChI=1S/C12H7ClN2O5/c13-8-2-3-10(9(5-8)15(18)19)20-11-4-1-7(6-14-11)12(16)17/h1-6H,(H,16,17).